The molecule has 0 amide bonds. The molecule has 0 aliphatic heterocycles. The van der Waals surface area contributed by atoms with Crippen LogP contribution in [0.3, 0.4) is 0 Å². The summed E-state index contributed by atoms with van der Waals surface area (Å²) in [6.07, 6.45) is 3.75. The molecule has 0 fully saturated rings. The van der Waals surface area contributed by atoms with Gasteiger partial charge in [0.2, 0.25) is 5.95 Å². The Kier molecular flexibility index (Phi) is 4.99. The SMILES string of the molecule is COCCn1ccnc1NC(C)c1cccc(Br)c1. The van der Waals surface area contributed by atoms with E-state index in [-0.39, 0.29) is 6.04 Å². The topological polar surface area (TPSA) is 39.1 Å². The van der Waals surface area contributed by atoms with Crippen molar-refractivity contribution >= 4 is 21.9 Å². The number of ether oxygens (including phenoxy) is 1. The Bertz CT molecular complexity index is 527. The lowest BCUT2D eigenvalue weighted by molar-refractivity contribution is 0.187. The maximum Gasteiger partial charge on any atom is 0.203 e. The molecule has 4 nitrogen and oxygen atoms in total. The highest BCUT2D eigenvalue weighted by atomic mass is 79.9. The molecule has 1 heterocycles. The van der Waals surface area contributed by atoms with Crippen LogP contribution in [0.4, 0.5) is 5.95 Å². The summed E-state index contributed by atoms with van der Waals surface area (Å²) in [6.45, 7) is 3.59. The predicted molar refractivity (Wildman–Crippen MR) is 80.3 cm³/mol. The molecule has 1 aromatic carbocycles. The van der Waals surface area contributed by atoms with Crippen LogP contribution in [0.1, 0.15) is 18.5 Å². The molecule has 102 valence electrons. The van der Waals surface area contributed by atoms with Crippen LogP contribution in [0.25, 0.3) is 0 Å². The first kappa shape index (κ1) is 14.1. The third-order valence-corrected chi connectivity index (χ3v) is 3.44. The Labute approximate surface area is 121 Å². The number of nitrogens with one attached hydrogen (secondary N) is 1. The molecule has 1 atom stereocenters. The van der Waals surface area contributed by atoms with Crippen LogP contribution >= 0.6 is 15.9 Å². The Morgan fingerprint density at radius 2 is 2.32 bits per heavy atom. The number of imidazole rings is 1. The number of benzene rings is 1. The normalized spacial score (nSPS) is 12.4. The lowest BCUT2D eigenvalue weighted by Gasteiger charge is -2.16. The molecule has 0 aliphatic carbocycles. The molecule has 1 N–H and O–H groups in total. The van der Waals surface area contributed by atoms with Crippen LogP contribution in [0.15, 0.2) is 41.1 Å². The molecular formula is C14H18BrN3O. The zero-order valence-electron chi connectivity index (χ0n) is 11.1. The molecule has 2 aromatic rings. The van der Waals surface area contributed by atoms with Gasteiger partial charge in [0.25, 0.3) is 0 Å². The largest absolute Gasteiger partial charge is 0.383 e. The average molecular weight is 324 g/mol. The van der Waals surface area contributed by atoms with Crippen molar-refractivity contribution in [3.63, 3.8) is 0 Å². The van der Waals surface area contributed by atoms with Gasteiger partial charge in [-0.2, -0.15) is 0 Å². The monoisotopic (exact) mass is 323 g/mol. The van der Waals surface area contributed by atoms with E-state index in [0.717, 1.165) is 17.0 Å². The quantitative estimate of drug-likeness (QED) is 0.884. The van der Waals surface area contributed by atoms with Crippen LogP contribution in [0, 0.1) is 0 Å². The maximum atomic E-state index is 5.09. The highest BCUT2D eigenvalue weighted by Gasteiger charge is 2.09. The number of anilines is 1. The van der Waals surface area contributed by atoms with Crippen molar-refractivity contribution in [3.05, 3.63) is 46.7 Å². The minimum Gasteiger partial charge on any atom is -0.383 e. The summed E-state index contributed by atoms with van der Waals surface area (Å²) in [7, 11) is 1.70. The molecule has 0 radical (unpaired) electrons. The number of aromatic nitrogens is 2. The minimum atomic E-state index is 0.196. The number of halogens is 1. The molecule has 0 aliphatic rings. The first-order valence-electron chi connectivity index (χ1n) is 6.23. The van der Waals surface area contributed by atoms with Crippen LogP contribution in [0.5, 0.6) is 0 Å². The summed E-state index contributed by atoms with van der Waals surface area (Å²) in [4.78, 5) is 4.34. The Morgan fingerprint density at radius 3 is 3.05 bits per heavy atom. The molecule has 2 rings (SSSR count). The van der Waals surface area contributed by atoms with Crippen molar-refractivity contribution in [1.82, 2.24) is 9.55 Å². The third-order valence-electron chi connectivity index (χ3n) is 2.95. The summed E-state index contributed by atoms with van der Waals surface area (Å²) in [5, 5.41) is 3.42. The summed E-state index contributed by atoms with van der Waals surface area (Å²) in [5.41, 5.74) is 1.22. The van der Waals surface area contributed by atoms with E-state index in [4.69, 9.17) is 4.74 Å². The lowest BCUT2D eigenvalue weighted by atomic mass is 10.1. The van der Waals surface area contributed by atoms with Crippen LogP contribution in [-0.4, -0.2) is 23.3 Å². The second kappa shape index (κ2) is 6.73. The van der Waals surface area contributed by atoms with E-state index < -0.39 is 0 Å². The maximum absolute atomic E-state index is 5.09. The van der Waals surface area contributed by atoms with Crippen LogP contribution in [0.2, 0.25) is 0 Å². The van der Waals surface area contributed by atoms with Gasteiger partial charge in [0.05, 0.1) is 12.6 Å². The Morgan fingerprint density at radius 1 is 1.47 bits per heavy atom. The molecule has 1 unspecified atom stereocenters. The first-order valence-corrected chi connectivity index (χ1v) is 7.02. The fraction of sp³-hybridized carbons (Fsp3) is 0.357. The van der Waals surface area contributed by atoms with Gasteiger partial charge in [-0.25, -0.2) is 4.98 Å². The van der Waals surface area contributed by atoms with Crippen molar-refractivity contribution in [2.75, 3.05) is 19.0 Å². The van der Waals surface area contributed by atoms with Gasteiger partial charge in [0, 0.05) is 30.5 Å². The zero-order chi connectivity index (χ0) is 13.7. The molecule has 0 saturated heterocycles. The molecular weight excluding hydrogens is 306 g/mol. The minimum absolute atomic E-state index is 0.196. The van der Waals surface area contributed by atoms with Gasteiger partial charge in [-0.3, -0.25) is 0 Å². The van der Waals surface area contributed by atoms with E-state index in [9.17, 15) is 0 Å². The van der Waals surface area contributed by atoms with Gasteiger partial charge in [-0.1, -0.05) is 28.1 Å². The van der Waals surface area contributed by atoms with Gasteiger partial charge in [-0.05, 0) is 24.6 Å². The van der Waals surface area contributed by atoms with Crippen LogP contribution in [-0.2, 0) is 11.3 Å². The van der Waals surface area contributed by atoms with E-state index in [1.807, 2.05) is 18.3 Å². The van der Waals surface area contributed by atoms with Crippen molar-refractivity contribution in [2.24, 2.45) is 0 Å². The standard InChI is InChI=1S/C14H18BrN3O/c1-11(12-4-3-5-13(15)10-12)17-14-16-6-7-18(14)8-9-19-2/h3-7,10-11H,8-9H2,1-2H3,(H,16,17). The molecule has 1 aromatic heterocycles. The summed E-state index contributed by atoms with van der Waals surface area (Å²) >= 11 is 3.49. The van der Waals surface area contributed by atoms with Crippen molar-refractivity contribution in [1.29, 1.82) is 0 Å². The Hall–Kier alpha value is -1.33. The fourth-order valence-corrected chi connectivity index (χ4v) is 2.29. The number of nitrogens with zero attached hydrogens (tertiary/aromatic N) is 2. The number of methoxy groups -OCH3 is 1. The predicted octanol–water partition coefficient (Wildman–Crippen LogP) is 3.47. The zero-order valence-corrected chi connectivity index (χ0v) is 12.7. The molecule has 0 spiro atoms. The van der Waals surface area contributed by atoms with Gasteiger partial charge >= 0.3 is 0 Å². The van der Waals surface area contributed by atoms with E-state index >= 15 is 0 Å². The van der Waals surface area contributed by atoms with E-state index in [1.165, 1.54) is 5.56 Å². The third kappa shape index (κ3) is 3.81. The van der Waals surface area contributed by atoms with Crippen molar-refractivity contribution < 1.29 is 4.74 Å². The Balaban J connectivity index is 2.06. The van der Waals surface area contributed by atoms with E-state index in [0.29, 0.717) is 6.61 Å². The smallest absolute Gasteiger partial charge is 0.203 e. The number of hydrogen-bond acceptors (Lipinski definition) is 3. The first-order chi connectivity index (χ1) is 9.20. The van der Waals surface area contributed by atoms with Crippen molar-refractivity contribution in [2.45, 2.75) is 19.5 Å². The van der Waals surface area contributed by atoms with Gasteiger partial charge in [0.15, 0.2) is 0 Å². The fourth-order valence-electron chi connectivity index (χ4n) is 1.87. The summed E-state index contributed by atoms with van der Waals surface area (Å²) in [6, 6.07) is 8.47. The molecule has 0 bridgehead atoms. The van der Waals surface area contributed by atoms with Gasteiger partial charge in [0.1, 0.15) is 0 Å². The highest BCUT2D eigenvalue weighted by molar-refractivity contribution is 9.10. The van der Waals surface area contributed by atoms with Gasteiger partial charge < -0.3 is 14.6 Å². The number of rotatable bonds is 6. The molecule has 0 saturated carbocycles. The van der Waals surface area contributed by atoms with Crippen LogP contribution < -0.4 is 5.32 Å². The molecule has 5 heteroatoms. The van der Waals surface area contributed by atoms with E-state index in [1.54, 1.807) is 13.3 Å². The van der Waals surface area contributed by atoms with E-state index in [2.05, 4.69) is 49.9 Å². The molecule has 19 heavy (non-hydrogen) atoms. The summed E-state index contributed by atoms with van der Waals surface area (Å²) < 4.78 is 8.23. The number of hydrogen-bond donors (Lipinski definition) is 1. The second-order valence-electron chi connectivity index (χ2n) is 4.36. The summed E-state index contributed by atoms with van der Waals surface area (Å²) in [5.74, 6) is 0.865. The van der Waals surface area contributed by atoms with Crippen molar-refractivity contribution in [3.8, 4) is 0 Å². The highest BCUT2D eigenvalue weighted by Crippen LogP contribution is 2.21. The average Bonchev–Trinajstić information content (AvgIpc) is 2.83. The second-order valence-corrected chi connectivity index (χ2v) is 5.27. The van der Waals surface area contributed by atoms with Gasteiger partial charge in [-0.15, -0.1) is 0 Å². The lowest BCUT2D eigenvalue weighted by Crippen LogP contribution is -2.13.